The minimum Gasteiger partial charge on any atom is -0.459 e. The van der Waals surface area contributed by atoms with Crippen molar-refractivity contribution < 1.29 is 14.5 Å². The number of benzene rings is 1. The van der Waals surface area contributed by atoms with Crippen molar-refractivity contribution in [3.8, 4) is 0 Å². The molecule has 1 unspecified atom stereocenters. The highest BCUT2D eigenvalue weighted by molar-refractivity contribution is 6.33. The molecule has 0 fully saturated rings. The molecule has 0 aliphatic heterocycles. The molecule has 0 saturated carbocycles. The highest BCUT2D eigenvalue weighted by Crippen LogP contribution is 2.23. The molecule has 0 bridgehead atoms. The van der Waals surface area contributed by atoms with E-state index in [0.717, 1.165) is 12.5 Å². The molecule has 0 heterocycles. The fourth-order valence-corrected chi connectivity index (χ4v) is 1.94. The van der Waals surface area contributed by atoms with E-state index in [2.05, 4.69) is 0 Å². The summed E-state index contributed by atoms with van der Waals surface area (Å²) in [5.41, 5.74) is -0.167. The van der Waals surface area contributed by atoms with Gasteiger partial charge in [0.25, 0.3) is 5.69 Å². The average molecular weight is 286 g/mol. The normalized spacial score (nSPS) is 12.3. The number of esters is 1. The number of nitro benzene ring substituents is 1. The first-order chi connectivity index (χ1) is 8.81. The second-order valence-corrected chi connectivity index (χ2v) is 5.17. The van der Waals surface area contributed by atoms with Gasteiger partial charge in [-0.3, -0.25) is 10.1 Å². The fourth-order valence-electron chi connectivity index (χ4n) is 1.74. The van der Waals surface area contributed by atoms with Crippen LogP contribution in [0.25, 0.3) is 0 Å². The third-order valence-electron chi connectivity index (χ3n) is 2.49. The molecule has 0 N–H and O–H groups in total. The second-order valence-electron chi connectivity index (χ2n) is 4.77. The quantitative estimate of drug-likeness (QED) is 0.468. The molecule has 6 heteroatoms. The van der Waals surface area contributed by atoms with E-state index in [-0.39, 0.29) is 22.4 Å². The number of hydrogen-bond acceptors (Lipinski definition) is 4. The van der Waals surface area contributed by atoms with Gasteiger partial charge in [0.1, 0.15) is 0 Å². The Bertz CT molecular complexity index is 488. The third kappa shape index (κ3) is 4.52. The number of carbonyl (C=O) groups is 1. The van der Waals surface area contributed by atoms with Gasteiger partial charge in [0.05, 0.1) is 21.6 Å². The van der Waals surface area contributed by atoms with Crippen LogP contribution in [0.1, 0.15) is 37.6 Å². The van der Waals surface area contributed by atoms with Crippen molar-refractivity contribution >= 4 is 23.3 Å². The van der Waals surface area contributed by atoms with Gasteiger partial charge in [-0.1, -0.05) is 25.4 Å². The van der Waals surface area contributed by atoms with Gasteiger partial charge < -0.3 is 4.74 Å². The van der Waals surface area contributed by atoms with Gasteiger partial charge in [-0.05, 0) is 25.3 Å². The van der Waals surface area contributed by atoms with Crippen LogP contribution in [0.2, 0.25) is 5.02 Å². The first-order valence-corrected chi connectivity index (χ1v) is 6.34. The SMILES string of the molecule is CC(C)CC(C)OC(=O)c1cc([N+](=O)[O-])ccc1Cl. The minimum atomic E-state index is -0.637. The number of nitrogens with zero attached hydrogens (tertiary/aromatic N) is 1. The van der Waals surface area contributed by atoms with Gasteiger partial charge in [0.15, 0.2) is 0 Å². The second kappa shape index (κ2) is 6.52. The Hall–Kier alpha value is -1.62. The van der Waals surface area contributed by atoms with E-state index >= 15 is 0 Å². The highest BCUT2D eigenvalue weighted by atomic mass is 35.5. The van der Waals surface area contributed by atoms with Crippen LogP contribution in [0.3, 0.4) is 0 Å². The first kappa shape index (κ1) is 15.4. The van der Waals surface area contributed by atoms with Crippen LogP contribution in [0.4, 0.5) is 5.69 Å². The van der Waals surface area contributed by atoms with Gasteiger partial charge >= 0.3 is 5.97 Å². The number of ether oxygens (including phenoxy) is 1. The average Bonchev–Trinajstić information content (AvgIpc) is 2.27. The summed E-state index contributed by atoms with van der Waals surface area (Å²) in [6, 6.07) is 3.70. The van der Waals surface area contributed by atoms with Crippen molar-refractivity contribution in [1.29, 1.82) is 0 Å². The summed E-state index contributed by atoms with van der Waals surface area (Å²) in [6.45, 7) is 5.82. The molecule has 5 nitrogen and oxygen atoms in total. The monoisotopic (exact) mass is 285 g/mol. The van der Waals surface area contributed by atoms with Crippen LogP contribution >= 0.6 is 11.6 Å². The zero-order valence-corrected chi connectivity index (χ0v) is 11.8. The lowest BCUT2D eigenvalue weighted by Crippen LogP contribution is -2.17. The molecule has 0 amide bonds. The van der Waals surface area contributed by atoms with Crippen molar-refractivity contribution in [2.75, 3.05) is 0 Å². The van der Waals surface area contributed by atoms with E-state index in [0.29, 0.717) is 5.92 Å². The smallest absolute Gasteiger partial charge is 0.340 e. The maximum atomic E-state index is 11.9. The molecule has 0 spiro atoms. The first-order valence-electron chi connectivity index (χ1n) is 5.96. The standard InChI is InChI=1S/C13H16ClNO4/c1-8(2)6-9(3)19-13(16)11-7-10(15(17)18)4-5-12(11)14/h4-5,7-9H,6H2,1-3H3. The zero-order chi connectivity index (χ0) is 14.6. The largest absolute Gasteiger partial charge is 0.459 e. The Kier molecular flexibility index (Phi) is 5.30. The number of nitro groups is 1. The minimum absolute atomic E-state index is 0.0199. The van der Waals surface area contributed by atoms with Crippen LogP contribution in [-0.2, 0) is 4.74 Å². The summed E-state index contributed by atoms with van der Waals surface area (Å²) in [5.74, 6) is -0.245. The Labute approximate surface area is 116 Å². The molecule has 0 aliphatic carbocycles. The molecule has 0 saturated heterocycles. The summed E-state index contributed by atoms with van der Waals surface area (Å²) >= 11 is 5.86. The maximum absolute atomic E-state index is 11.9. The highest BCUT2D eigenvalue weighted by Gasteiger charge is 2.19. The number of non-ortho nitro benzene ring substituents is 1. The van der Waals surface area contributed by atoms with Crippen LogP contribution in [0, 0.1) is 16.0 Å². The van der Waals surface area contributed by atoms with Crippen LogP contribution in [0.15, 0.2) is 18.2 Å². The van der Waals surface area contributed by atoms with Crippen molar-refractivity contribution in [3.05, 3.63) is 38.9 Å². The number of halogens is 1. The summed E-state index contributed by atoms with van der Waals surface area (Å²) in [4.78, 5) is 22.0. The van der Waals surface area contributed by atoms with Crippen LogP contribution in [-0.4, -0.2) is 17.0 Å². The van der Waals surface area contributed by atoms with E-state index in [4.69, 9.17) is 16.3 Å². The predicted octanol–water partition coefficient (Wildman–Crippen LogP) is 3.84. The Morgan fingerprint density at radius 2 is 2.05 bits per heavy atom. The van der Waals surface area contributed by atoms with Crippen LogP contribution in [0.5, 0.6) is 0 Å². The van der Waals surface area contributed by atoms with Gasteiger partial charge in [-0.2, -0.15) is 0 Å². The Balaban J connectivity index is 2.87. The predicted molar refractivity (Wildman–Crippen MR) is 72.4 cm³/mol. The Morgan fingerprint density at radius 1 is 1.42 bits per heavy atom. The van der Waals surface area contributed by atoms with Crippen molar-refractivity contribution in [1.82, 2.24) is 0 Å². The lowest BCUT2D eigenvalue weighted by atomic mass is 10.1. The molecule has 1 atom stereocenters. The van der Waals surface area contributed by atoms with Gasteiger partial charge in [0, 0.05) is 12.1 Å². The fraction of sp³-hybridized carbons (Fsp3) is 0.462. The molecular weight excluding hydrogens is 270 g/mol. The summed E-state index contributed by atoms with van der Waals surface area (Å²) in [5, 5.41) is 10.8. The van der Waals surface area contributed by atoms with E-state index in [1.807, 2.05) is 13.8 Å². The number of rotatable bonds is 5. The van der Waals surface area contributed by atoms with E-state index in [9.17, 15) is 14.9 Å². The number of hydrogen-bond donors (Lipinski definition) is 0. The topological polar surface area (TPSA) is 69.4 Å². The van der Waals surface area contributed by atoms with Crippen molar-refractivity contribution in [3.63, 3.8) is 0 Å². The van der Waals surface area contributed by atoms with Crippen molar-refractivity contribution in [2.45, 2.75) is 33.3 Å². The van der Waals surface area contributed by atoms with Gasteiger partial charge in [-0.15, -0.1) is 0 Å². The molecule has 1 aromatic carbocycles. The lowest BCUT2D eigenvalue weighted by Gasteiger charge is -2.15. The molecule has 0 radical (unpaired) electrons. The summed E-state index contributed by atoms with van der Waals surface area (Å²) in [7, 11) is 0. The summed E-state index contributed by atoms with van der Waals surface area (Å²) < 4.78 is 5.22. The maximum Gasteiger partial charge on any atom is 0.340 e. The molecule has 1 rings (SSSR count). The zero-order valence-electron chi connectivity index (χ0n) is 11.1. The molecule has 104 valence electrons. The van der Waals surface area contributed by atoms with Crippen LogP contribution < -0.4 is 0 Å². The van der Waals surface area contributed by atoms with E-state index < -0.39 is 10.9 Å². The third-order valence-corrected chi connectivity index (χ3v) is 2.82. The van der Waals surface area contributed by atoms with Gasteiger partial charge in [0.2, 0.25) is 0 Å². The molecule has 0 aromatic heterocycles. The van der Waals surface area contributed by atoms with Crippen molar-refractivity contribution in [2.24, 2.45) is 5.92 Å². The number of carbonyl (C=O) groups excluding carboxylic acids is 1. The van der Waals surface area contributed by atoms with E-state index in [1.54, 1.807) is 6.92 Å². The molecule has 1 aromatic rings. The summed E-state index contributed by atoms with van der Waals surface area (Å²) in [6.07, 6.45) is 0.459. The molecule has 19 heavy (non-hydrogen) atoms. The Morgan fingerprint density at radius 3 is 2.58 bits per heavy atom. The molecular formula is C13H16ClNO4. The van der Waals surface area contributed by atoms with E-state index in [1.165, 1.54) is 12.1 Å². The van der Waals surface area contributed by atoms with Gasteiger partial charge in [-0.25, -0.2) is 4.79 Å². The molecule has 0 aliphatic rings. The lowest BCUT2D eigenvalue weighted by molar-refractivity contribution is -0.384.